The highest BCUT2D eigenvalue weighted by atomic mass is 35.5. The number of carbonyl (C=O) groups is 2. The molecule has 0 atom stereocenters. The molecule has 2 N–H and O–H groups in total. The zero-order chi connectivity index (χ0) is 13.3. The SMILES string of the molecule is CCC(=O)c1[nH]c2cc(Cl)ccc2c1NC(C)=O. The first kappa shape index (κ1) is 12.6. The molecule has 0 aliphatic heterocycles. The van der Waals surface area contributed by atoms with Crippen molar-refractivity contribution < 1.29 is 9.59 Å². The summed E-state index contributed by atoms with van der Waals surface area (Å²) in [6.07, 6.45) is 0.368. The summed E-state index contributed by atoms with van der Waals surface area (Å²) in [5, 5.41) is 4.06. The van der Waals surface area contributed by atoms with Gasteiger partial charge >= 0.3 is 0 Å². The number of Topliss-reactive ketones (excluding diaryl/α,β-unsaturated/α-hetero) is 1. The fraction of sp³-hybridized carbons (Fsp3) is 0.231. The number of amides is 1. The van der Waals surface area contributed by atoms with Crippen LogP contribution in [0.3, 0.4) is 0 Å². The zero-order valence-corrected chi connectivity index (χ0v) is 10.9. The minimum absolute atomic E-state index is 0.0499. The smallest absolute Gasteiger partial charge is 0.221 e. The second-order valence-electron chi connectivity index (χ2n) is 4.02. The summed E-state index contributed by atoms with van der Waals surface area (Å²) in [6.45, 7) is 3.19. The van der Waals surface area contributed by atoms with Crippen LogP contribution in [-0.4, -0.2) is 16.7 Å². The van der Waals surface area contributed by atoms with E-state index in [-0.39, 0.29) is 11.7 Å². The number of benzene rings is 1. The van der Waals surface area contributed by atoms with Crippen LogP contribution in [0.25, 0.3) is 10.9 Å². The molecule has 2 aromatic rings. The Labute approximate surface area is 109 Å². The van der Waals surface area contributed by atoms with Crippen LogP contribution in [0, 0.1) is 0 Å². The highest BCUT2D eigenvalue weighted by molar-refractivity contribution is 6.31. The molecule has 5 heteroatoms. The topological polar surface area (TPSA) is 62.0 Å². The molecule has 0 aliphatic rings. The average Bonchev–Trinajstić information content (AvgIpc) is 2.65. The predicted octanol–water partition coefficient (Wildman–Crippen LogP) is 3.37. The quantitative estimate of drug-likeness (QED) is 0.835. The molecule has 0 spiro atoms. The van der Waals surface area contributed by atoms with E-state index in [1.807, 2.05) is 0 Å². The highest BCUT2D eigenvalue weighted by Gasteiger charge is 2.17. The van der Waals surface area contributed by atoms with Crippen molar-refractivity contribution in [2.45, 2.75) is 20.3 Å². The number of carbonyl (C=O) groups excluding carboxylic acids is 2. The van der Waals surface area contributed by atoms with Gasteiger partial charge in [-0.15, -0.1) is 0 Å². The van der Waals surface area contributed by atoms with Crippen LogP contribution >= 0.6 is 11.6 Å². The minimum Gasteiger partial charge on any atom is -0.350 e. The van der Waals surface area contributed by atoms with Gasteiger partial charge in [0.15, 0.2) is 5.78 Å². The Kier molecular flexibility index (Phi) is 3.39. The highest BCUT2D eigenvalue weighted by Crippen LogP contribution is 2.30. The van der Waals surface area contributed by atoms with E-state index in [1.165, 1.54) is 6.92 Å². The van der Waals surface area contributed by atoms with Crippen molar-refractivity contribution in [3.8, 4) is 0 Å². The van der Waals surface area contributed by atoms with Crippen LogP contribution in [0.1, 0.15) is 30.8 Å². The molecule has 1 aromatic heterocycles. The van der Waals surface area contributed by atoms with Crippen molar-refractivity contribution >= 4 is 39.9 Å². The molecule has 4 nitrogen and oxygen atoms in total. The van der Waals surface area contributed by atoms with Crippen molar-refractivity contribution in [2.24, 2.45) is 0 Å². The van der Waals surface area contributed by atoms with Gasteiger partial charge in [0.25, 0.3) is 0 Å². The zero-order valence-electron chi connectivity index (χ0n) is 10.1. The molecule has 0 bridgehead atoms. The summed E-state index contributed by atoms with van der Waals surface area (Å²) < 4.78 is 0. The van der Waals surface area contributed by atoms with Gasteiger partial charge in [0.05, 0.1) is 5.69 Å². The average molecular weight is 265 g/mol. The number of anilines is 1. The summed E-state index contributed by atoms with van der Waals surface area (Å²) in [7, 11) is 0. The fourth-order valence-corrected chi connectivity index (χ4v) is 2.03. The molecular formula is C13H13ClN2O2. The van der Waals surface area contributed by atoms with Crippen molar-refractivity contribution in [3.63, 3.8) is 0 Å². The summed E-state index contributed by atoms with van der Waals surface area (Å²) in [4.78, 5) is 26.1. The summed E-state index contributed by atoms with van der Waals surface area (Å²) >= 11 is 5.91. The number of ketones is 1. The molecule has 0 saturated carbocycles. The molecule has 1 heterocycles. The summed E-state index contributed by atoms with van der Waals surface area (Å²) in [5.74, 6) is -0.262. The van der Waals surface area contributed by atoms with Gasteiger partial charge in [0.2, 0.25) is 5.91 Å². The lowest BCUT2D eigenvalue weighted by molar-refractivity contribution is -0.114. The molecular weight excluding hydrogens is 252 g/mol. The number of halogens is 1. The fourth-order valence-electron chi connectivity index (χ4n) is 1.86. The number of aromatic amines is 1. The van der Waals surface area contributed by atoms with E-state index >= 15 is 0 Å². The van der Waals surface area contributed by atoms with Crippen molar-refractivity contribution in [3.05, 3.63) is 28.9 Å². The first-order valence-corrected chi connectivity index (χ1v) is 6.02. The molecule has 0 fully saturated rings. The molecule has 0 radical (unpaired) electrons. The Morgan fingerprint density at radius 2 is 2.11 bits per heavy atom. The van der Waals surface area contributed by atoms with Gasteiger partial charge in [-0.3, -0.25) is 9.59 Å². The van der Waals surface area contributed by atoms with E-state index in [1.54, 1.807) is 25.1 Å². The number of fused-ring (bicyclic) bond motifs is 1. The van der Waals surface area contributed by atoms with Crippen LogP contribution in [0.5, 0.6) is 0 Å². The van der Waals surface area contributed by atoms with Gasteiger partial charge < -0.3 is 10.3 Å². The number of hydrogen-bond donors (Lipinski definition) is 2. The van der Waals surface area contributed by atoms with Crippen LogP contribution in [0.15, 0.2) is 18.2 Å². The first-order valence-electron chi connectivity index (χ1n) is 5.65. The second-order valence-corrected chi connectivity index (χ2v) is 4.46. The van der Waals surface area contributed by atoms with Crippen molar-refractivity contribution in [2.75, 3.05) is 5.32 Å². The van der Waals surface area contributed by atoms with Crippen LogP contribution in [0.4, 0.5) is 5.69 Å². The Hall–Kier alpha value is -1.81. The normalized spacial score (nSPS) is 10.6. The lowest BCUT2D eigenvalue weighted by Crippen LogP contribution is -2.09. The van der Waals surface area contributed by atoms with Gasteiger partial charge in [-0.05, 0) is 18.2 Å². The lowest BCUT2D eigenvalue weighted by Gasteiger charge is -2.03. The van der Waals surface area contributed by atoms with Crippen LogP contribution in [-0.2, 0) is 4.79 Å². The minimum atomic E-state index is -0.212. The standard InChI is InChI=1S/C13H13ClN2O2/c1-3-11(18)13-12(15-7(2)17)9-5-4-8(14)6-10(9)16-13/h4-6,16H,3H2,1-2H3,(H,15,17). The van der Waals surface area contributed by atoms with Crippen LogP contribution in [0.2, 0.25) is 5.02 Å². The van der Waals surface area contributed by atoms with Gasteiger partial charge in [-0.25, -0.2) is 0 Å². The Morgan fingerprint density at radius 1 is 1.39 bits per heavy atom. The molecule has 0 saturated heterocycles. The van der Waals surface area contributed by atoms with Gasteiger partial charge in [0.1, 0.15) is 5.69 Å². The van der Waals surface area contributed by atoms with E-state index in [0.29, 0.717) is 22.8 Å². The number of hydrogen-bond acceptors (Lipinski definition) is 2. The van der Waals surface area contributed by atoms with Gasteiger partial charge in [-0.2, -0.15) is 0 Å². The van der Waals surface area contributed by atoms with Crippen molar-refractivity contribution in [1.82, 2.24) is 4.98 Å². The molecule has 18 heavy (non-hydrogen) atoms. The maximum absolute atomic E-state index is 11.9. The van der Waals surface area contributed by atoms with E-state index < -0.39 is 0 Å². The second kappa shape index (κ2) is 4.82. The van der Waals surface area contributed by atoms with E-state index in [9.17, 15) is 9.59 Å². The van der Waals surface area contributed by atoms with E-state index in [4.69, 9.17) is 11.6 Å². The third-order valence-corrected chi connectivity index (χ3v) is 2.90. The summed E-state index contributed by atoms with van der Waals surface area (Å²) in [5.41, 5.74) is 1.69. The van der Waals surface area contributed by atoms with E-state index in [2.05, 4.69) is 10.3 Å². The number of H-pyrrole nitrogens is 1. The lowest BCUT2D eigenvalue weighted by atomic mass is 10.1. The van der Waals surface area contributed by atoms with Crippen molar-refractivity contribution in [1.29, 1.82) is 0 Å². The molecule has 2 rings (SSSR count). The Morgan fingerprint density at radius 3 is 2.72 bits per heavy atom. The van der Waals surface area contributed by atoms with Crippen LogP contribution < -0.4 is 5.32 Å². The third-order valence-electron chi connectivity index (χ3n) is 2.66. The maximum atomic E-state index is 11.9. The molecule has 94 valence electrons. The van der Waals surface area contributed by atoms with Gasteiger partial charge in [0, 0.05) is 29.3 Å². The Bertz CT molecular complexity index is 631. The monoisotopic (exact) mass is 264 g/mol. The number of rotatable bonds is 3. The van der Waals surface area contributed by atoms with E-state index in [0.717, 1.165) is 10.9 Å². The maximum Gasteiger partial charge on any atom is 0.221 e. The van der Waals surface area contributed by atoms with Gasteiger partial charge in [-0.1, -0.05) is 18.5 Å². The predicted molar refractivity (Wildman–Crippen MR) is 72.2 cm³/mol. The molecule has 0 aliphatic carbocycles. The molecule has 0 unspecified atom stereocenters. The number of nitrogens with one attached hydrogen (secondary N) is 2. The third kappa shape index (κ3) is 2.24. The summed E-state index contributed by atoms with van der Waals surface area (Å²) in [6, 6.07) is 5.24. The number of aromatic nitrogens is 1. The molecule has 1 amide bonds. The first-order chi connectivity index (χ1) is 8.52. The largest absolute Gasteiger partial charge is 0.350 e. The Balaban J connectivity index is 2.67. The molecule has 1 aromatic carbocycles.